The van der Waals surface area contributed by atoms with Crippen LogP contribution in [0.2, 0.25) is 0 Å². The van der Waals surface area contributed by atoms with E-state index in [0.717, 1.165) is 19.5 Å². The largest absolute Gasteiger partial charge is 0.462 e. The first-order chi connectivity index (χ1) is 12.2. The highest BCUT2D eigenvalue weighted by Crippen LogP contribution is 2.23. The number of hydrogen-bond acceptors (Lipinski definition) is 7. The van der Waals surface area contributed by atoms with Crippen LogP contribution in [0.5, 0.6) is 0 Å². The van der Waals surface area contributed by atoms with Crippen LogP contribution in [0.3, 0.4) is 0 Å². The lowest BCUT2D eigenvalue weighted by molar-refractivity contribution is 0.0527. The maximum atomic E-state index is 12.1. The lowest BCUT2D eigenvalue weighted by Gasteiger charge is -2.30. The summed E-state index contributed by atoms with van der Waals surface area (Å²) in [5.74, 6) is 1.43. The van der Waals surface area contributed by atoms with Crippen molar-refractivity contribution in [2.75, 3.05) is 29.9 Å². The molecule has 0 amide bonds. The smallest absolute Gasteiger partial charge is 0.340 e. The molecule has 1 aromatic heterocycles. The second-order valence-corrected chi connectivity index (χ2v) is 6.23. The summed E-state index contributed by atoms with van der Waals surface area (Å²) in [6.07, 6.45) is 3.92. The van der Waals surface area contributed by atoms with Gasteiger partial charge in [0.2, 0.25) is 5.95 Å². The van der Waals surface area contributed by atoms with Crippen molar-refractivity contribution >= 4 is 23.4 Å². The first-order valence-corrected chi connectivity index (χ1v) is 8.65. The minimum absolute atomic E-state index is 0.333. The summed E-state index contributed by atoms with van der Waals surface area (Å²) in [6.45, 7) is 6.23. The first kappa shape index (κ1) is 17.1. The average molecular weight is 341 g/mol. The lowest BCUT2D eigenvalue weighted by Crippen LogP contribution is -2.35. The van der Waals surface area contributed by atoms with Crippen molar-refractivity contribution in [3.05, 3.63) is 36.0 Å². The molecule has 1 N–H and O–H groups in total. The van der Waals surface area contributed by atoms with Crippen LogP contribution in [0.15, 0.2) is 30.5 Å². The van der Waals surface area contributed by atoms with Gasteiger partial charge in [0, 0.05) is 13.1 Å². The van der Waals surface area contributed by atoms with Gasteiger partial charge in [-0.05, 0) is 37.8 Å². The fourth-order valence-corrected chi connectivity index (χ4v) is 2.98. The number of para-hydroxylation sites is 1. The van der Waals surface area contributed by atoms with Crippen molar-refractivity contribution in [1.82, 2.24) is 15.2 Å². The normalized spacial score (nSPS) is 17.2. The van der Waals surface area contributed by atoms with Crippen LogP contribution >= 0.6 is 0 Å². The van der Waals surface area contributed by atoms with Crippen LogP contribution in [-0.4, -0.2) is 40.8 Å². The molecule has 7 nitrogen and oxygen atoms in total. The highest BCUT2D eigenvalue weighted by atomic mass is 16.5. The molecule has 0 saturated carbocycles. The maximum Gasteiger partial charge on any atom is 0.340 e. The van der Waals surface area contributed by atoms with Crippen LogP contribution < -0.4 is 10.2 Å². The predicted octanol–water partition coefficient (Wildman–Crippen LogP) is 3.03. The van der Waals surface area contributed by atoms with E-state index in [0.29, 0.717) is 35.5 Å². The Bertz CT molecular complexity index is 737. The Morgan fingerprint density at radius 1 is 1.40 bits per heavy atom. The summed E-state index contributed by atoms with van der Waals surface area (Å²) in [4.78, 5) is 18.8. The van der Waals surface area contributed by atoms with Crippen molar-refractivity contribution in [1.29, 1.82) is 0 Å². The Kier molecular flexibility index (Phi) is 5.42. The number of esters is 1. The molecule has 3 rings (SSSR count). The SMILES string of the molecule is CCOC(=O)c1ccccc1Nc1cnnc(N2CCCC(C)C2)n1. The molecule has 132 valence electrons. The molecule has 25 heavy (non-hydrogen) atoms. The third-order valence-corrected chi connectivity index (χ3v) is 4.17. The second-order valence-electron chi connectivity index (χ2n) is 6.23. The molecule has 1 fully saturated rings. The number of anilines is 3. The molecule has 0 bridgehead atoms. The molecule has 0 spiro atoms. The van der Waals surface area contributed by atoms with Crippen LogP contribution in [0, 0.1) is 5.92 Å². The summed E-state index contributed by atoms with van der Waals surface area (Å²) >= 11 is 0. The zero-order chi connectivity index (χ0) is 17.6. The van der Waals surface area contributed by atoms with Gasteiger partial charge in [-0.25, -0.2) is 4.79 Å². The van der Waals surface area contributed by atoms with E-state index in [2.05, 4.69) is 32.3 Å². The molecule has 1 atom stereocenters. The van der Waals surface area contributed by atoms with E-state index in [4.69, 9.17) is 4.74 Å². The third kappa shape index (κ3) is 4.23. The number of carbonyl (C=O) groups is 1. The number of benzene rings is 1. The van der Waals surface area contributed by atoms with E-state index in [1.807, 2.05) is 12.1 Å². The fraction of sp³-hybridized carbons (Fsp3) is 0.444. The molecule has 0 aliphatic carbocycles. The monoisotopic (exact) mass is 341 g/mol. The van der Waals surface area contributed by atoms with E-state index < -0.39 is 0 Å². The highest BCUT2D eigenvalue weighted by molar-refractivity contribution is 5.96. The molecule has 1 aromatic carbocycles. The topological polar surface area (TPSA) is 80.2 Å². The molecular formula is C18H23N5O2. The number of piperidine rings is 1. The second kappa shape index (κ2) is 7.92. The molecule has 7 heteroatoms. The molecule has 1 aliphatic heterocycles. The fourth-order valence-electron chi connectivity index (χ4n) is 2.98. The summed E-state index contributed by atoms with van der Waals surface area (Å²) < 4.78 is 5.10. The minimum atomic E-state index is -0.363. The minimum Gasteiger partial charge on any atom is -0.462 e. The number of nitrogens with one attached hydrogen (secondary N) is 1. The zero-order valence-corrected chi connectivity index (χ0v) is 14.6. The van der Waals surface area contributed by atoms with Crippen molar-refractivity contribution in [2.24, 2.45) is 5.92 Å². The van der Waals surface area contributed by atoms with Gasteiger partial charge in [-0.15, -0.1) is 5.10 Å². The van der Waals surface area contributed by atoms with Crippen LogP contribution in [0.4, 0.5) is 17.5 Å². The van der Waals surface area contributed by atoms with Gasteiger partial charge in [-0.2, -0.15) is 10.1 Å². The molecule has 1 unspecified atom stereocenters. The predicted molar refractivity (Wildman–Crippen MR) is 96.1 cm³/mol. The summed E-state index contributed by atoms with van der Waals surface area (Å²) in [5, 5.41) is 11.4. The lowest BCUT2D eigenvalue weighted by atomic mass is 10.0. The molecule has 1 saturated heterocycles. The van der Waals surface area contributed by atoms with Crippen LogP contribution in [0.1, 0.15) is 37.0 Å². The Morgan fingerprint density at radius 3 is 3.04 bits per heavy atom. The van der Waals surface area contributed by atoms with E-state index in [9.17, 15) is 4.79 Å². The van der Waals surface area contributed by atoms with Crippen LogP contribution in [0.25, 0.3) is 0 Å². The number of carbonyl (C=O) groups excluding carboxylic acids is 1. The van der Waals surface area contributed by atoms with Gasteiger partial charge in [0.15, 0.2) is 5.82 Å². The van der Waals surface area contributed by atoms with Gasteiger partial charge >= 0.3 is 5.97 Å². The Hall–Kier alpha value is -2.70. The van der Waals surface area contributed by atoms with E-state index in [1.165, 1.54) is 6.42 Å². The highest BCUT2D eigenvalue weighted by Gasteiger charge is 2.19. The molecule has 0 radical (unpaired) electrons. The van der Waals surface area contributed by atoms with Gasteiger partial charge in [-0.1, -0.05) is 19.1 Å². The quantitative estimate of drug-likeness (QED) is 0.837. The molecular weight excluding hydrogens is 318 g/mol. The van der Waals surface area contributed by atoms with Crippen LogP contribution in [-0.2, 0) is 4.74 Å². The molecule has 2 aromatic rings. The Balaban J connectivity index is 1.80. The van der Waals surface area contributed by atoms with E-state index in [1.54, 1.807) is 25.3 Å². The molecule has 1 aliphatic rings. The van der Waals surface area contributed by atoms with Crippen molar-refractivity contribution in [3.8, 4) is 0 Å². The van der Waals surface area contributed by atoms with Gasteiger partial charge in [0.25, 0.3) is 0 Å². The van der Waals surface area contributed by atoms with Gasteiger partial charge in [0.05, 0.1) is 24.1 Å². The van der Waals surface area contributed by atoms with Gasteiger partial charge in [-0.3, -0.25) is 0 Å². The first-order valence-electron chi connectivity index (χ1n) is 8.65. The summed E-state index contributed by atoms with van der Waals surface area (Å²) in [6, 6.07) is 7.20. The maximum absolute atomic E-state index is 12.1. The van der Waals surface area contributed by atoms with E-state index in [-0.39, 0.29) is 5.97 Å². The number of rotatable bonds is 5. The number of nitrogens with zero attached hydrogens (tertiary/aromatic N) is 4. The number of ether oxygens (including phenoxy) is 1. The Labute approximate surface area is 147 Å². The van der Waals surface area contributed by atoms with Crippen molar-refractivity contribution in [3.63, 3.8) is 0 Å². The van der Waals surface area contributed by atoms with E-state index >= 15 is 0 Å². The Morgan fingerprint density at radius 2 is 2.24 bits per heavy atom. The average Bonchev–Trinajstić information content (AvgIpc) is 2.63. The van der Waals surface area contributed by atoms with Crippen molar-refractivity contribution in [2.45, 2.75) is 26.7 Å². The van der Waals surface area contributed by atoms with Gasteiger partial charge in [0.1, 0.15) is 0 Å². The molecule has 2 heterocycles. The number of hydrogen-bond donors (Lipinski definition) is 1. The van der Waals surface area contributed by atoms with Crippen molar-refractivity contribution < 1.29 is 9.53 Å². The third-order valence-electron chi connectivity index (χ3n) is 4.17. The number of aromatic nitrogens is 3. The van der Waals surface area contributed by atoms with Gasteiger partial charge < -0.3 is 15.0 Å². The standard InChI is InChI=1S/C18H23N5O2/c1-3-25-17(24)14-8-4-5-9-15(14)20-16-11-19-22-18(21-16)23-10-6-7-13(2)12-23/h4-5,8-9,11,13H,3,6-7,10,12H2,1-2H3,(H,20,21,22). The summed E-state index contributed by atoms with van der Waals surface area (Å²) in [7, 11) is 0. The zero-order valence-electron chi connectivity index (χ0n) is 14.6. The summed E-state index contributed by atoms with van der Waals surface area (Å²) in [5.41, 5.74) is 1.11.